The van der Waals surface area contributed by atoms with E-state index in [1.807, 2.05) is 12.1 Å². The third kappa shape index (κ3) is 3.33. The van der Waals surface area contributed by atoms with Crippen molar-refractivity contribution in [3.8, 4) is 5.88 Å². The van der Waals surface area contributed by atoms with Crippen LogP contribution in [0.15, 0.2) is 23.3 Å². The molecule has 8 nitrogen and oxygen atoms in total. The van der Waals surface area contributed by atoms with Crippen molar-refractivity contribution in [3.63, 3.8) is 0 Å². The van der Waals surface area contributed by atoms with Crippen LogP contribution in [0.5, 0.6) is 5.88 Å². The monoisotopic (exact) mass is 354 g/mol. The zero-order chi connectivity index (χ0) is 17.9. The lowest BCUT2D eigenvalue weighted by Crippen LogP contribution is -2.37. The first-order valence-electron chi connectivity index (χ1n) is 8.78. The molecule has 0 amide bonds. The topological polar surface area (TPSA) is 102 Å². The fraction of sp³-hybridized carbons (Fsp3) is 0.389. The van der Waals surface area contributed by atoms with Crippen LogP contribution in [0.25, 0.3) is 11.6 Å². The van der Waals surface area contributed by atoms with Gasteiger partial charge >= 0.3 is 0 Å². The molecule has 0 aromatic carbocycles. The molecule has 3 N–H and O–H groups in total. The number of allylic oxidation sites excluding steroid dienone is 1. The van der Waals surface area contributed by atoms with Crippen LogP contribution in [0.3, 0.4) is 0 Å². The summed E-state index contributed by atoms with van der Waals surface area (Å²) in [7, 11) is 0. The number of nitrogens with zero attached hydrogens (tertiary/aromatic N) is 5. The van der Waals surface area contributed by atoms with Crippen LogP contribution in [0.4, 0.5) is 11.8 Å². The Morgan fingerprint density at radius 3 is 2.96 bits per heavy atom. The molecule has 1 saturated heterocycles. The number of anilines is 1. The molecule has 2 aliphatic rings. The van der Waals surface area contributed by atoms with Gasteiger partial charge in [0.05, 0.1) is 13.2 Å². The van der Waals surface area contributed by atoms with Crippen molar-refractivity contribution < 1.29 is 9.84 Å². The molecule has 0 atom stereocenters. The Morgan fingerprint density at radius 2 is 2.12 bits per heavy atom. The zero-order valence-corrected chi connectivity index (χ0v) is 14.5. The highest BCUT2D eigenvalue weighted by Gasteiger charge is 2.17. The first kappa shape index (κ1) is 16.7. The van der Waals surface area contributed by atoms with E-state index in [4.69, 9.17) is 10.5 Å². The number of ether oxygens (including phenoxy) is 1. The standard InChI is InChI=1S/C18H22N6O2/c19-18-22-15(11-13-12-21-16-14(13)3-1-4-20-16)17(25)24(18)6-2-5-23-7-9-26-10-8-23/h1,3-4,11-12,25H,2,5-10H2,(H2,19,22)/b13-11-. The molecule has 0 bridgehead atoms. The first-order chi connectivity index (χ1) is 12.7. The molecule has 2 aromatic rings. The van der Waals surface area contributed by atoms with Crippen molar-refractivity contribution in [1.29, 1.82) is 0 Å². The number of pyridine rings is 1. The Bertz CT molecular complexity index is 851. The van der Waals surface area contributed by atoms with Crippen LogP contribution in [0.2, 0.25) is 0 Å². The Labute approximate surface area is 151 Å². The van der Waals surface area contributed by atoms with Gasteiger partial charge in [0.2, 0.25) is 11.8 Å². The highest BCUT2D eigenvalue weighted by molar-refractivity contribution is 6.20. The molecule has 136 valence electrons. The van der Waals surface area contributed by atoms with Gasteiger partial charge in [-0.3, -0.25) is 9.47 Å². The summed E-state index contributed by atoms with van der Waals surface area (Å²) in [6.45, 7) is 5.05. The normalized spacial score (nSPS) is 18.5. The van der Waals surface area contributed by atoms with Crippen molar-refractivity contribution in [2.24, 2.45) is 4.99 Å². The van der Waals surface area contributed by atoms with Crippen molar-refractivity contribution in [3.05, 3.63) is 29.6 Å². The predicted molar refractivity (Wildman–Crippen MR) is 100 cm³/mol. The molecule has 4 heterocycles. The molecule has 1 fully saturated rings. The summed E-state index contributed by atoms with van der Waals surface area (Å²) in [6.07, 6.45) is 6.11. The molecule has 26 heavy (non-hydrogen) atoms. The Balaban J connectivity index is 1.47. The van der Waals surface area contributed by atoms with Crippen LogP contribution in [0.1, 0.15) is 17.7 Å². The van der Waals surface area contributed by atoms with Gasteiger partial charge in [0.25, 0.3) is 0 Å². The van der Waals surface area contributed by atoms with E-state index in [0.717, 1.165) is 50.4 Å². The summed E-state index contributed by atoms with van der Waals surface area (Å²) in [5, 5.41) is 10.5. The molecular weight excluding hydrogens is 332 g/mol. The fourth-order valence-corrected chi connectivity index (χ4v) is 3.26. The minimum absolute atomic E-state index is 0.0858. The molecule has 4 rings (SSSR count). The van der Waals surface area contributed by atoms with Gasteiger partial charge in [-0.15, -0.1) is 0 Å². The average molecular weight is 354 g/mol. The van der Waals surface area contributed by atoms with E-state index in [9.17, 15) is 5.11 Å². The zero-order valence-electron chi connectivity index (χ0n) is 14.5. The van der Waals surface area contributed by atoms with Crippen LogP contribution in [0, 0.1) is 0 Å². The van der Waals surface area contributed by atoms with E-state index in [0.29, 0.717) is 24.0 Å². The predicted octanol–water partition coefficient (Wildman–Crippen LogP) is 1.54. The first-order valence-corrected chi connectivity index (χ1v) is 8.78. The average Bonchev–Trinajstić information content (AvgIpc) is 3.19. The Hall–Kier alpha value is -2.71. The molecule has 0 unspecified atom stereocenters. The number of nitrogens with two attached hydrogens (primary N) is 1. The number of fused-ring (bicyclic) bond motifs is 1. The molecular formula is C18H22N6O2. The Kier molecular flexibility index (Phi) is 4.68. The molecule has 0 aliphatic carbocycles. The van der Waals surface area contributed by atoms with E-state index in [1.165, 1.54) is 0 Å². The van der Waals surface area contributed by atoms with E-state index in [-0.39, 0.29) is 5.88 Å². The lowest BCUT2D eigenvalue weighted by atomic mass is 10.1. The van der Waals surface area contributed by atoms with Crippen LogP contribution in [-0.4, -0.2) is 63.6 Å². The van der Waals surface area contributed by atoms with Gasteiger partial charge in [-0.1, -0.05) is 0 Å². The minimum atomic E-state index is 0.0858. The second-order valence-electron chi connectivity index (χ2n) is 6.37. The number of hydrogen-bond donors (Lipinski definition) is 2. The second-order valence-corrected chi connectivity index (χ2v) is 6.37. The van der Waals surface area contributed by atoms with Gasteiger partial charge in [0.1, 0.15) is 5.69 Å². The minimum Gasteiger partial charge on any atom is -0.493 e. The quantitative estimate of drug-likeness (QED) is 0.845. The van der Waals surface area contributed by atoms with Gasteiger partial charge in [-0.25, -0.2) is 15.0 Å². The number of hydrogen-bond acceptors (Lipinski definition) is 7. The summed E-state index contributed by atoms with van der Waals surface area (Å²) < 4.78 is 7.01. The number of rotatable bonds is 5. The van der Waals surface area contributed by atoms with Crippen molar-refractivity contribution in [2.45, 2.75) is 13.0 Å². The lowest BCUT2D eigenvalue weighted by molar-refractivity contribution is 0.0369. The van der Waals surface area contributed by atoms with E-state index >= 15 is 0 Å². The number of nitrogen functional groups attached to an aromatic ring is 1. The van der Waals surface area contributed by atoms with Gasteiger partial charge in [-0.2, -0.15) is 0 Å². The Morgan fingerprint density at radius 1 is 1.27 bits per heavy atom. The summed E-state index contributed by atoms with van der Waals surface area (Å²) in [5.74, 6) is 1.08. The van der Waals surface area contributed by atoms with Crippen LogP contribution < -0.4 is 5.73 Å². The maximum atomic E-state index is 10.5. The van der Waals surface area contributed by atoms with Crippen LogP contribution in [-0.2, 0) is 11.3 Å². The van der Waals surface area contributed by atoms with Crippen molar-refractivity contribution >= 4 is 29.6 Å². The third-order valence-corrected chi connectivity index (χ3v) is 4.67. The van der Waals surface area contributed by atoms with E-state index in [2.05, 4.69) is 19.9 Å². The summed E-state index contributed by atoms with van der Waals surface area (Å²) in [5.41, 5.74) is 8.25. The van der Waals surface area contributed by atoms with Gasteiger partial charge in [0.15, 0.2) is 5.82 Å². The maximum Gasteiger partial charge on any atom is 0.220 e. The molecule has 0 saturated carbocycles. The maximum absolute atomic E-state index is 10.5. The number of aliphatic imine (C=N–C) groups is 1. The molecule has 2 aliphatic heterocycles. The highest BCUT2D eigenvalue weighted by Crippen LogP contribution is 2.32. The number of aromatic hydroxyl groups is 1. The van der Waals surface area contributed by atoms with Gasteiger partial charge in [0, 0.05) is 49.7 Å². The van der Waals surface area contributed by atoms with E-state index < -0.39 is 0 Å². The number of imidazole rings is 1. The SMILES string of the molecule is Nc1nc(/C=C2/C=Nc3ncccc32)c(O)n1CCCN1CCOCC1. The van der Waals surface area contributed by atoms with Crippen molar-refractivity contribution in [2.75, 3.05) is 38.6 Å². The second kappa shape index (κ2) is 7.27. The van der Waals surface area contributed by atoms with Crippen molar-refractivity contribution in [1.82, 2.24) is 19.4 Å². The number of morpholine rings is 1. The molecule has 0 spiro atoms. The van der Waals surface area contributed by atoms with E-state index in [1.54, 1.807) is 23.1 Å². The number of aromatic nitrogens is 3. The molecule has 0 radical (unpaired) electrons. The highest BCUT2D eigenvalue weighted by atomic mass is 16.5. The largest absolute Gasteiger partial charge is 0.493 e. The summed E-state index contributed by atoms with van der Waals surface area (Å²) in [4.78, 5) is 15.2. The van der Waals surface area contributed by atoms with Gasteiger partial charge < -0.3 is 15.6 Å². The molecule has 2 aromatic heterocycles. The lowest BCUT2D eigenvalue weighted by Gasteiger charge is -2.26. The molecule has 8 heteroatoms. The third-order valence-electron chi connectivity index (χ3n) is 4.67. The fourth-order valence-electron chi connectivity index (χ4n) is 3.26. The smallest absolute Gasteiger partial charge is 0.220 e. The van der Waals surface area contributed by atoms with Gasteiger partial charge in [-0.05, 0) is 24.6 Å². The summed E-state index contributed by atoms with van der Waals surface area (Å²) >= 11 is 0. The summed E-state index contributed by atoms with van der Waals surface area (Å²) in [6, 6.07) is 3.81. The van der Waals surface area contributed by atoms with Crippen LogP contribution >= 0.6 is 0 Å².